The quantitative estimate of drug-likeness (QED) is 0.263. The van der Waals surface area contributed by atoms with Gasteiger partial charge < -0.3 is 8.83 Å². The zero-order chi connectivity index (χ0) is 23.6. The number of rotatable bonds is 2. The number of aromatic nitrogens is 4. The largest absolute Gasteiger partial charge is 0.454 e. The zero-order valence-corrected chi connectivity index (χ0v) is 18.8. The highest BCUT2D eigenvalue weighted by Gasteiger charge is 2.18. The summed E-state index contributed by atoms with van der Waals surface area (Å²) in [6.07, 6.45) is 5.22. The fraction of sp³-hybridized carbons (Fsp3) is 0. The molecular weight excluding hydrogens is 448 g/mol. The van der Waals surface area contributed by atoms with Crippen molar-refractivity contribution >= 4 is 55.0 Å². The molecule has 0 radical (unpaired) electrons. The van der Waals surface area contributed by atoms with Gasteiger partial charge in [-0.3, -0.25) is 9.97 Å². The Morgan fingerprint density at radius 1 is 0.528 bits per heavy atom. The van der Waals surface area contributed by atoms with Gasteiger partial charge in [0.2, 0.25) is 0 Å². The van der Waals surface area contributed by atoms with E-state index >= 15 is 0 Å². The molecule has 5 heterocycles. The Morgan fingerprint density at radius 2 is 1.22 bits per heavy atom. The highest BCUT2D eigenvalue weighted by atomic mass is 16.3. The second-order valence-corrected chi connectivity index (χ2v) is 8.72. The molecule has 36 heavy (non-hydrogen) atoms. The Morgan fingerprint density at radius 3 is 2.11 bits per heavy atom. The van der Waals surface area contributed by atoms with Gasteiger partial charge in [-0.15, -0.1) is 0 Å². The van der Waals surface area contributed by atoms with Crippen LogP contribution in [0.3, 0.4) is 0 Å². The molecule has 0 N–H and O–H groups in total. The van der Waals surface area contributed by atoms with Gasteiger partial charge in [0.15, 0.2) is 11.2 Å². The lowest BCUT2D eigenvalue weighted by atomic mass is 10.0. The summed E-state index contributed by atoms with van der Waals surface area (Å²) in [5.41, 5.74) is 9.31. The van der Waals surface area contributed by atoms with E-state index in [4.69, 9.17) is 13.8 Å². The second-order valence-electron chi connectivity index (χ2n) is 8.72. The topological polar surface area (TPSA) is 77.8 Å². The lowest BCUT2D eigenvalue weighted by molar-refractivity contribution is 0.668. The fourth-order valence-corrected chi connectivity index (χ4v) is 5.06. The average Bonchev–Trinajstić information content (AvgIpc) is 3.51. The van der Waals surface area contributed by atoms with Crippen molar-refractivity contribution in [1.82, 2.24) is 19.9 Å². The number of hydrogen-bond donors (Lipinski definition) is 0. The summed E-state index contributed by atoms with van der Waals surface area (Å²) in [4.78, 5) is 18.3. The Balaban J connectivity index is 1.37. The third-order valence-corrected chi connectivity index (χ3v) is 6.72. The molecule has 0 amide bonds. The summed E-state index contributed by atoms with van der Waals surface area (Å²) in [7, 11) is 0. The number of nitrogens with zero attached hydrogens (tertiary/aromatic N) is 4. The predicted octanol–water partition coefficient (Wildman–Crippen LogP) is 7.55. The van der Waals surface area contributed by atoms with E-state index in [1.165, 1.54) is 0 Å². The molecule has 8 aromatic rings. The van der Waals surface area contributed by atoms with Crippen LogP contribution in [0.5, 0.6) is 0 Å². The van der Waals surface area contributed by atoms with Crippen molar-refractivity contribution in [2.24, 2.45) is 0 Å². The van der Waals surface area contributed by atoms with Crippen LogP contribution in [-0.2, 0) is 0 Å². The van der Waals surface area contributed by atoms with E-state index in [2.05, 4.69) is 21.0 Å². The summed E-state index contributed by atoms with van der Waals surface area (Å²) >= 11 is 0. The molecule has 5 aromatic heterocycles. The van der Waals surface area contributed by atoms with Crippen LogP contribution in [0.2, 0.25) is 0 Å². The van der Waals surface area contributed by atoms with Crippen LogP contribution < -0.4 is 0 Å². The second kappa shape index (κ2) is 7.20. The highest BCUT2D eigenvalue weighted by Crippen LogP contribution is 2.39. The van der Waals surface area contributed by atoms with Crippen molar-refractivity contribution in [3.05, 3.63) is 97.6 Å². The molecule has 0 saturated heterocycles. The van der Waals surface area contributed by atoms with E-state index in [0.717, 1.165) is 71.8 Å². The zero-order valence-electron chi connectivity index (χ0n) is 18.8. The van der Waals surface area contributed by atoms with Gasteiger partial charge in [-0.25, -0.2) is 9.97 Å². The van der Waals surface area contributed by atoms with Crippen molar-refractivity contribution in [3.8, 4) is 22.4 Å². The first-order valence-corrected chi connectivity index (χ1v) is 11.6. The summed E-state index contributed by atoms with van der Waals surface area (Å²) < 4.78 is 12.6. The van der Waals surface area contributed by atoms with Crippen molar-refractivity contribution in [3.63, 3.8) is 0 Å². The molecule has 6 heteroatoms. The van der Waals surface area contributed by atoms with Crippen LogP contribution in [0.4, 0.5) is 0 Å². The molecule has 168 valence electrons. The van der Waals surface area contributed by atoms with Gasteiger partial charge in [0.25, 0.3) is 0 Å². The predicted molar refractivity (Wildman–Crippen MR) is 141 cm³/mol. The maximum atomic E-state index is 6.35. The summed E-state index contributed by atoms with van der Waals surface area (Å²) in [5, 5.41) is 2.91. The molecule has 0 saturated carbocycles. The normalized spacial score (nSPS) is 11.9. The van der Waals surface area contributed by atoms with E-state index < -0.39 is 0 Å². The van der Waals surface area contributed by atoms with Gasteiger partial charge >= 0.3 is 0 Å². The average molecular weight is 464 g/mol. The SMILES string of the molecule is c1ccc2c(-c3ccnc4c3oc3ccc(-c5ccnc6c5oc5ccccc56)cc34)ncnc2c1. The molecule has 3 aromatic carbocycles. The number of pyridine rings is 2. The Bertz CT molecular complexity index is 2120. The monoisotopic (exact) mass is 464 g/mol. The summed E-state index contributed by atoms with van der Waals surface area (Å²) in [6, 6.07) is 26.0. The molecule has 0 unspecified atom stereocenters. The van der Waals surface area contributed by atoms with Crippen molar-refractivity contribution in [1.29, 1.82) is 0 Å². The molecule has 0 fully saturated rings. The van der Waals surface area contributed by atoms with Gasteiger partial charge in [0, 0.05) is 39.7 Å². The Hall–Kier alpha value is -5.10. The number of fused-ring (bicyclic) bond motifs is 7. The van der Waals surface area contributed by atoms with Crippen molar-refractivity contribution in [2.75, 3.05) is 0 Å². The van der Waals surface area contributed by atoms with Crippen LogP contribution in [0.25, 0.3) is 77.4 Å². The summed E-state index contributed by atoms with van der Waals surface area (Å²) in [6.45, 7) is 0. The minimum Gasteiger partial charge on any atom is -0.454 e. The first kappa shape index (κ1) is 19.2. The molecule has 0 aliphatic rings. The third kappa shape index (κ3) is 2.66. The van der Waals surface area contributed by atoms with Gasteiger partial charge in [-0.1, -0.05) is 36.4 Å². The molecule has 0 bridgehead atoms. The van der Waals surface area contributed by atoms with Crippen LogP contribution in [0.15, 0.2) is 106 Å². The van der Waals surface area contributed by atoms with Gasteiger partial charge in [0.05, 0.1) is 11.2 Å². The number of hydrogen-bond acceptors (Lipinski definition) is 6. The lowest BCUT2D eigenvalue weighted by Gasteiger charge is -2.05. The number of benzene rings is 3. The third-order valence-electron chi connectivity index (χ3n) is 6.72. The Labute approximate surface area is 203 Å². The van der Waals surface area contributed by atoms with E-state index in [9.17, 15) is 0 Å². The lowest BCUT2D eigenvalue weighted by Crippen LogP contribution is -1.89. The molecule has 6 nitrogen and oxygen atoms in total. The van der Waals surface area contributed by atoms with Crippen LogP contribution in [0.1, 0.15) is 0 Å². The van der Waals surface area contributed by atoms with Gasteiger partial charge in [-0.2, -0.15) is 0 Å². The van der Waals surface area contributed by atoms with Gasteiger partial charge in [0.1, 0.15) is 28.5 Å². The fourth-order valence-electron chi connectivity index (χ4n) is 5.06. The smallest absolute Gasteiger partial charge is 0.163 e. The number of para-hydroxylation sites is 2. The first-order chi connectivity index (χ1) is 17.8. The van der Waals surface area contributed by atoms with Crippen LogP contribution >= 0.6 is 0 Å². The molecule has 0 aliphatic heterocycles. The van der Waals surface area contributed by atoms with Crippen LogP contribution in [0, 0.1) is 0 Å². The standard InChI is InChI=1S/C30H16N4O2/c1-3-7-23-19(5-1)26(34-16-33-23)21-12-14-32-28-22-15-17(9-10-25(22)36-30(21)28)18-11-13-31-27-20-6-2-4-8-24(20)35-29(18)27/h1-16H. The van der Waals surface area contributed by atoms with E-state index in [0.29, 0.717) is 5.58 Å². The highest BCUT2D eigenvalue weighted by molar-refractivity contribution is 6.12. The van der Waals surface area contributed by atoms with Gasteiger partial charge in [-0.05, 0) is 48.0 Å². The maximum absolute atomic E-state index is 6.35. The van der Waals surface area contributed by atoms with Crippen LogP contribution in [-0.4, -0.2) is 19.9 Å². The van der Waals surface area contributed by atoms with Crippen molar-refractivity contribution < 1.29 is 8.83 Å². The molecule has 0 atom stereocenters. The maximum Gasteiger partial charge on any atom is 0.163 e. The van der Waals surface area contributed by atoms with E-state index in [-0.39, 0.29) is 0 Å². The first-order valence-electron chi connectivity index (χ1n) is 11.6. The molecular formula is C30H16N4O2. The van der Waals surface area contributed by atoms with Crippen molar-refractivity contribution in [2.45, 2.75) is 0 Å². The molecule has 0 aliphatic carbocycles. The summed E-state index contributed by atoms with van der Waals surface area (Å²) in [5.74, 6) is 0. The minimum atomic E-state index is 0.706. The molecule has 8 rings (SSSR count). The van der Waals surface area contributed by atoms with E-state index in [1.54, 1.807) is 12.5 Å². The number of furan rings is 2. The van der Waals surface area contributed by atoms with E-state index in [1.807, 2.05) is 79.0 Å². The Kier molecular flexibility index (Phi) is 3.85. The minimum absolute atomic E-state index is 0.706. The molecule has 0 spiro atoms.